The highest BCUT2D eigenvalue weighted by Gasteiger charge is 2.27. The van der Waals surface area contributed by atoms with Crippen LogP contribution in [0.25, 0.3) is 11.3 Å². The van der Waals surface area contributed by atoms with Crippen LogP contribution in [0.2, 0.25) is 0 Å². The average Bonchev–Trinajstić information content (AvgIpc) is 3.11. The van der Waals surface area contributed by atoms with Crippen molar-refractivity contribution in [2.45, 2.75) is 26.4 Å². The summed E-state index contributed by atoms with van der Waals surface area (Å²) < 4.78 is 27.3. The van der Waals surface area contributed by atoms with E-state index in [9.17, 15) is 23.7 Å². The SMILES string of the molecule is Cc1cc2c(cn1)CN(C(=O)Cc1nc(-c3ccc(F)cc3F)ccc1[N+](=O)[O-])C2. The molecule has 7 nitrogen and oxygen atoms in total. The molecule has 1 aromatic carbocycles. The average molecular weight is 410 g/mol. The number of hydrogen-bond acceptors (Lipinski definition) is 5. The number of pyridine rings is 2. The first-order valence-corrected chi connectivity index (χ1v) is 9.13. The first kappa shape index (κ1) is 19.6. The lowest BCUT2D eigenvalue weighted by molar-refractivity contribution is -0.385. The second-order valence-electron chi connectivity index (χ2n) is 7.06. The molecule has 30 heavy (non-hydrogen) atoms. The summed E-state index contributed by atoms with van der Waals surface area (Å²) in [6, 6.07) is 7.35. The fourth-order valence-electron chi connectivity index (χ4n) is 3.47. The number of nitro groups is 1. The number of amides is 1. The van der Waals surface area contributed by atoms with Crippen LogP contribution >= 0.6 is 0 Å². The zero-order valence-electron chi connectivity index (χ0n) is 15.9. The summed E-state index contributed by atoms with van der Waals surface area (Å²) in [6.07, 6.45) is 1.41. The Morgan fingerprint density at radius 3 is 2.67 bits per heavy atom. The normalized spacial score (nSPS) is 12.7. The van der Waals surface area contributed by atoms with Crippen molar-refractivity contribution in [2.75, 3.05) is 0 Å². The Morgan fingerprint density at radius 1 is 1.17 bits per heavy atom. The van der Waals surface area contributed by atoms with E-state index in [1.54, 1.807) is 11.1 Å². The number of fused-ring (bicyclic) bond motifs is 1. The fourth-order valence-corrected chi connectivity index (χ4v) is 3.47. The molecule has 3 aromatic rings. The number of carbonyl (C=O) groups excluding carboxylic acids is 1. The Morgan fingerprint density at radius 2 is 1.93 bits per heavy atom. The number of carbonyl (C=O) groups is 1. The van der Waals surface area contributed by atoms with Gasteiger partial charge in [-0.2, -0.15) is 0 Å². The molecule has 1 aliphatic heterocycles. The van der Waals surface area contributed by atoms with Crippen LogP contribution < -0.4 is 0 Å². The quantitative estimate of drug-likeness (QED) is 0.483. The van der Waals surface area contributed by atoms with Gasteiger partial charge in [0.15, 0.2) is 0 Å². The summed E-state index contributed by atoms with van der Waals surface area (Å²) in [5.41, 5.74) is 2.44. The van der Waals surface area contributed by atoms with E-state index in [0.717, 1.165) is 22.9 Å². The van der Waals surface area contributed by atoms with E-state index in [-0.39, 0.29) is 35.0 Å². The van der Waals surface area contributed by atoms with Gasteiger partial charge < -0.3 is 4.90 Å². The monoisotopic (exact) mass is 410 g/mol. The van der Waals surface area contributed by atoms with Crippen LogP contribution in [0, 0.1) is 28.7 Å². The van der Waals surface area contributed by atoms with Crippen LogP contribution in [0.3, 0.4) is 0 Å². The molecule has 0 aliphatic carbocycles. The Balaban J connectivity index is 1.62. The summed E-state index contributed by atoms with van der Waals surface area (Å²) >= 11 is 0. The second kappa shape index (κ2) is 7.58. The summed E-state index contributed by atoms with van der Waals surface area (Å²) in [5.74, 6) is -1.92. The van der Waals surface area contributed by atoms with Gasteiger partial charge in [-0.15, -0.1) is 0 Å². The predicted octanol–water partition coefficient (Wildman–Crippen LogP) is 3.72. The van der Waals surface area contributed by atoms with Crippen molar-refractivity contribution in [1.29, 1.82) is 0 Å². The van der Waals surface area contributed by atoms with Crippen molar-refractivity contribution in [3.8, 4) is 11.3 Å². The van der Waals surface area contributed by atoms with Crippen LogP contribution in [-0.4, -0.2) is 25.7 Å². The third-order valence-electron chi connectivity index (χ3n) is 4.97. The number of nitrogens with zero attached hydrogens (tertiary/aromatic N) is 4. The molecule has 0 saturated carbocycles. The molecule has 9 heteroatoms. The topological polar surface area (TPSA) is 89.2 Å². The fraction of sp³-hybridized carbons (Fsp3) is 0.190. The molecule has 1 aliphatic rings. The number of benzene rings is 1. The van der Waals surface area contributed by atoms with Crippen molar-refractivity contribution >= 4 is 11.6 Å². The maximum absolute atomic E-state index is 14.1. The van der Waals surface area contributed by atoms with E-state index >= 15 is 0 Å². The standard InChI is InChI=1S/C21H16F2N4O3/c1-12-6-13-10-26(11-14(13)9-24-12)21(28)8-19-20(27(29)30)5-4-18(25-19)16-3-2-15(22)7-17(16)23/h2-7,9H,8,10-11H2,1H3. The van der Waals surface area contributed by atoms with E-state index < -0.39 is 16.6 Å². The van der Waals surface area contributed by atoms with Crippen molar-refractivity contribution in [3.63, 3.8) is 0 Å². The minimum atomic E-state index is -0.841. The third-order valence-corrected chi connectivity index (χ3v) is 4.97. The molecule has 0 saturated heterocycles. The summed E-state index contributed by atoms with van der Waals surface area (Å²) in [4.78, 5) is 33.6. The highest BCUT2D eigenvalue weighted by atomic mass is 19.1. The van der Waals surface area contributed by atoms with Gasteiger partial charge in [-0.25, -0.2) is 13.8 Å². The third kappa shape index (κ3) is 3.73. The van der Waals surface area contributed by atoms with E-state index in [1.165, 1.54) is 18.2 Å². The van der Waals surface area contributed by atoms with Gasteiger partial charge in [-0.05, 0) is 42.3 Å². The molecule has 2 aromatic heterocycles. The van der Waals surface area contributed by atoms with Gasteiger partial charge in [0.2, 0.25) is 5.91 Å². The molecule has 0 fully saturated rings. The van der Waals surface area contributed by atoms with Crippen LogP contribution in [0.15, 0.2) is 42.6 Å². The van der Waals surface area contributed by atoms with E-state index in [1.807, 2.05) is 13.0 Å². The summed E-state index contributed by atoms with van der Waals surface area (Å²) in [5, 5.41) is 11.4. The van der Waals surface area contributed by atoms with Gasteiger partial charge in [0, 0.05) is 42.7 Å². The molecule has 1 amide bonds. The highest BCUT2D eigenvalue weighted by Crippen LogP contribution is 2.28. The zero-order chi connectivity index (χ0) is 21.4. The van der Waals surface area contributed by atoms with Crippen molar-refractivity contribution in [1.82, 2.24) is 14.9 Å². The Hall–Kier alpha value is -3.75. The van der Waals surface area contributed by atoms with E-state index in [4.69, 9.17) is 0 Å². The summed E-state index contributed by atoms with van der Waals surface area (Å²) in [7, 11) is 0. The molecule has 0 N–H and O–H groups in total. The Kier molecular flexibility index (Phi) is 4.94. The molecular weight excluding hydrogens is 394 g/mol. The Labute approximate surface area is 170 Å². The smallest absolute Gasteiger partial charge is 0.291 e. The summed E-state index contributed by atoms with van der Waals surface area (Å²) in [6.45, 7) is 2.61. The van der Waals surface area contributed by atoms with E-state index in [2.05, 4.69) is 9.97 Å². The van der Waals surface area contributed by atoms with Gasteiger partial charge in [0.05, 0.1) is 17.0 Å². The maximum atomic E-state index is 14.1. The van der Waals surface area contributed by atoms with Crippen LogP contribution in [-0.2, 0) is 24.3 Å². The molecule has 0 atom stereocenters. The van der Waals surface area contributed by atoms with Crippen LogP contribution in [0.5, 0.6) is 0 Å². The largest absolute Gasteiger partial charge is 0.334 e. The van der Waals surface area contributed by atoms with Crippen LogP contribution in [0.1, 0.15) is 22.5 Å². The predicted molar refractivity (Wildman–Crippen MR) is 103 cm³/mol. The van der Waals surface area contributed by atoms with Gasteiger partial charge in [0.25, 0.3) is 5.69 Å². The van der Waals surface area contributed by atoms with Gasteiger partial charge in [0.1, 0.15) is 17.3 Å². The first-order chi connectivity index (χ1) is 14.3. The van der Waals surface area contributed by atoms with Crippen molar-refractivity contribution in [2.24, 2.45) is 0 Å². The molecule has 0 unspecified atom stereocenters. The van der Waals surface area contributed by atoms with Crippen molar-refractivity contribution in [3.05, 3.63) is 86.9 Å². The minimum Gasteiger partial charge on any atom is -0.334 e. The molecule has 4 rings (SSSR count). The lowest BCUT2D eigenvalue weighted by atomic mass is 10.1. The molecule has 0 bridgehead atoms. The number of halogens is 2. The molecule has 0 spiro atoms. The second-order valence-corrected chi connectivity index (χ2v) is 7.06. The molecule has 152 valence electrons. The number of aryl methyl sites for hydroxylation is 1. The molecule has 3 heterocycles. The number of hydrogen-bond donors (Lipinski definition) is 0. The zero-order valence-corrected chi connectivity index (χ0v) is 15.9. The maximum Gasteiger partial charge on any atom is 0.291 e. The van der Waals surface area contributed by atoms with Crippen LogP contribution in [0.4, 0.5) is 14.5 Å². The first-order valence-electron chi connectivity index (χ1n) is 9.13. The molecular formula is C21H16F2N4O3. The Bertz CT molecular complexity index is 1180. The van der Waals surface area contributed by atoms with Gasteiger partial charge in [-0.1, -0.05) is 0 Å². The van der Waals surface area contributed by atoms with Gasteiger partial charge in [-0.3, -0.25) is 19.9 Å². The van der Waals surface area contributed by atoms with E-state index in [0.29, 0.717) is 19.2 Å². The number of aromatic nitrogens is 2. The minimum absolute atomic E-state index is 0.00451. The van der Waals surface area contributed by atoms with Crippen molar-refractivity contribution < 1.29 is 18.5 Å². The number of rotatable bonds is 4. The lowest BCUT2D eigenvalue weighted by Crippen LogP contribution is -2.27. The highest BCUT2D eigenvalue weighted by molar-refractivity contribution is 5.80. The van der Waals surface area contributed by atoms with Gasteiger partial charge >= 0.3 is 0 Å². The lowest BCUT2D eigenvalue weighted by Gasteiger charge is -2.15. The molecule has 0 radical (unpaired) electrons.